The molecule has 8 heteroatoms. The smallest absolute Gasteiger partial charge is 0.326 e. The van der Waals surface area contributed by atoms with Crippen molar-refractivity contribution in [3.8, 4) is 0 Å². The van der Waals surface area contributed by atoms with Gasteiger partial charge in [0.2, 0.25) is 5.91 Å². The first-order chi connectivity index (χ1) is 7.47. The largest absolute Gasteiger partial charge is 0.480 e. The van der Waals surface area contributed by atoms with E-state index in [1.54, 1.807) is 0 Å². The van der Waals surface area contributed by atoms with E-state index in [9.17, 15) is 9.59 Å². The number of aliphatic carboxylic acids is 1. The van der Waals surface area contributed by atoms with Crippen LogP contribution in [0.2, 0.25) is 0 Å². The number of carboxylic acid groups (broad SMARTS) is 1. The Bertz CT molecular complexity index is 278. The van der Waals surface area contributed by atoms with Gasteiger partial charge in [0.15, 0.2) is 5.96 Å². The van der Waals surface area contributed by atoms with Gasteiger partial charge in [-0.05, 0) is 12.8 Å². The molecule has 0 aromatic heterocycles. The summed E-state index contributed by atoms with van der Waals surface area (Å²) in [4.78, 5) is 25.5. The average molecular weight is 342 g/mol. The summed E-state index contributed by atoms with van der Waals surface area (Å²) in [7, 11) is 0. The number of nitrogens with two attached hydrogens (primary N) is 2. The standard InChI is InChI=1S/C8H15IN4O3/c9-4-6(14)13-5(7(15)16)2-1-3-12-8(10)11/h5H,1-4H2,(H,13,14)(H,15,16)(H4,10,11,12). The molecule has 0 rings (SSSR count). The van der Waals surface area contributed by atoms with Gasteiger partial charge < -0.3 is 21.9 Å². The molecule has 1 unspecified atom stereocenters. The Morgan fingerprint density at radius 3 is 2.50 bits per heavy atom. The van der Waals surface area contributed by atoms with E-state index in [1.807, 2.05) is 22.6 Å². The molecular weight excluding hydrogens is 327 g/mol. The Labute approximate surface area is 107 Å². The number of amides is 1. The van der Waals surface area contributed by atoms with Crippen LogP contribution in [0.25, 0.3) is 0 Å². The number of carbonyl (C=O) groups excluding carboxylic acids is 1. The molecular formula is C8H15IN4O3. The Morgan fingerprint density at radius 2 is 2.06 bits per heavy atom. The van der Waals surface area contributed by atoms with Crippen molar-refractivity contribution in [3.63, 3.8) is 0 Å². The zero-order valence-electron chi connectivity index (χ0n) is 8.65. The van der Waals surface area contributed by atoms with Crippen LogP contribution in [0.4, 0.5) is 0 Å². The molecule has 6 N–H and O–H groups in total. The number of nitrogens with zero attached hydrogens (tertiary/aromatic N) is 1. The average Bonchev–Trinajstić information content (AvgIpc) is 2.21. The Morgan fingerprint density at radius 1 is 1.44 bits per heavy atom. The first kappa shape index (κ1) is 14.9. The minimum absolute atomic E-state index is 0.0248. The zero-order chi connectivity index (χ0) is 12.6. The van der Waals surface area contributed by atoms with Gasteiger partial charge >= 0.3 is 5.97 Å². The van der Waals surface area contributed by atoms with E-state index < -0.39 is 12.0 Å². The van der Waals surface area contributed by atoms with Crippen LogP contribution in [0.1, 0.15) is 12.8 Å². The molecule has 0 saturated carbocycles. The van der Waals surface area contributed by atoms with Gasteiger partial charge in [-0.2, -0.15) is 0 Å². The summed E-state index contributed by atoms with van der Waals surface area (Å²) in [5.74, 6) is -1.37. The number of hydrogen-bond donors (Lipinski definition) is 4. The van der Waals surface area contributed by atoms with Crippen LogP contribution in [-0.2, 0) is 9.59 Å². The van der Waals surface area contributed by atoms with Gasteiger partial charge in [0, 0.05) is 6.54 Å². The van der Waals surface area contributed by atoms with Crippen molar-refractivity contribution in [2.75, 3.05) is 11.0 Å². The van der Waals surface area contributed by atoms with Crippen LogP contribution in [0.5, 0.6) is 0 Å². The maximum absolute atomic E-state index is 11.0. The van der Waals surface area contributed by atoms with E-state index in [0.29, 0.717) is 19.4 Å². The van der Waals surface area contributed by atoms with Crippen LogP contribution >= 0.6 is 22.6 Å². The SMILES string of the molecule is NC(N)=NCCCC(NC(=O)CI)C(=O)O. The molecule has 0 fully saturated rings. The molecule has 0 aliphatic rings. The van der Waals surface area contributed by atoms with E-state index in [4.69, 9.17) is 16.6 Å². The fraction of sp³-hybridized carbons (Fsp3) is 0.625. The normalized spacial score (nSPS) is 11.6. The molecule has 0 saturated heterocycles. The van der Waals surface area contributed by atoms with Gasteiger partial charge in [0.05, 0.1) is 4.43 Å². The second-order valence-corrected chi connectivity index (χ2v) is 3.80. The van der Waals surface area contributed by atoms with E-state index in [2.05, 4.69) is 10.3 Å². The highest BCUT2D eigenvalue weighted by atomic mass is 127. The highest BCUT2D eigenvalue weighted by Crippen LogP contribution is 1.99. The van der Waals surface area contributed by atoms with Crippen molar-refractivity contribution < 1.29 is 14.7 Å². The van der Waals surface area contributed by atoms with Crippen molar-refractivity contribution >= 4 is 40.4 Å². The van der Waals surface area contributed by atoms with E-state index in [-0.39, 0.29) is 16.3 Å². The van der Waals surface area contributed by atoms with Crippen LogP contribution in [0, 0.1) is 0 Å². The third-order valence-corrected chi connectivity index (χ3v) is 2.39. The van der Waals surface area contributed by atoms with Crippen molar-refractivity contribution in [1.29, 1.82) is 0 Å². The lowest BCUT2D eigenvalue weighted by Crippen LogP contribution is -2.41. The number of carboxylic acids is 1. The highest BCUT2D eigenvalue weighted by Gasteiger charge is 2.18. The molecule has 7 nitrogen and oxygen atoms in total. The van der Waals surface area contributed by atoms with Crippen molar-refractivity contribution in [3.05, 3.63) is 0 Å². The lowest BCUT2D eigenvalue weighted by Gasteiger charge is -2.12. The predicted octanol–water partition coefficient (Wildman–Crippen LogP) is -0.956. The number of halogens is 1. The highest BCUT2D eigenvalue weighted by molar-refractivity contribution is 14.1. The lowest BCUT2D eigenvalue weighted by molar-refractivity contribution is -0.141. The second-order valence-electron chi connectivity index (χ2n) is 3.04. The molecule has 16 heavy (non-hydrogen) atoms. The summed E-state index contributed by atoms with van der Waals surface area (Å²) in [5.41, 5.74) is 10.2. The number of rotatable bonds is 7. The molecule has 1 atom stereocenters. The molecule has 0 heterocycles. The predicted molar refractivity (Wildman–Crippen MR) is 68.4 cm³/mol. The van der Waals surface area contributed by atoms with E-state index >= 15 is 0 Å². The third kappa shape index (κ3) is 7.26. The topological polar surface area (TPSA) is 131 Å². The molecule has 0 aliphatic carbocycles. The summed E-state index contributed by atoms with van der Waals surface area (Å²) >= 11 is 1.86. The summed E-state index contributed by atoms with van der Waals surface area (Å²) in [6.45, 7) is 0.353. The lowest BCUT2D eigenvalue weighted by atomic mass is 10.1. The first-order valence-corrected chi connectivity index (χ1v) is 6.13. The summed E-state index contributed by atoms with van der Waals surface area (Å²) in [5, 5.41) is 11.2. The number of guanidine groups is 1. The van der Waals surface area contributed by atoms with Gasteiger partial charge in [-0.25, -0.2) is 4.79 Å². The zero-order valence-corrected chi connectivity index (χ0v) is 10.8. The number of alkyl halides is 1. The number of nitrogens with one attached hydrogen (secondary N) is 1. The summed E-state index contributed by atoms with van der Waals surface area (Å²) in [6.07, 6.45) is 0.797. The molecule has 1 amide bonds. The second kappa shape index (κ2) is 8.13. The van der Waals surface area contributed by atoms with E-state index in [1.165, 1.54) is 0 Å². The van der Waals surface area contributed by atoms with E-state index in [0.717, 1.165) is 0 Å². The van der Waals surface area contributed by atoms with Crippen molar-refractivity contribution in [1.82, 2.24) is 5.32 Å². The first-order valence-electron chi connectivity index (χ1n) is 4.61. The molecule has 0 aromatic rings. The minimum atomic E-state index is -1.05. The summed E-state index contributed by atoms with van der Waals surface area (Å²) in [6, 6.07) is -0.878. The molecule has 0 bridgehead atoms. The monoisotopic (exact) mass is 342 g/mol. The van der Waals surface area contributed by atoms with Crippen LogP contribution in [0.3, 0.4) is 0 Å². The molecule has 0 radical (unpaired) electrons. The van der Waals surface area contributed by atoms with Gasteiger partial charge in [0.1, 0.15) is 6.04 Å². The fourth-order valence-corrected chi connectivity index (χ4v) is 1.21. The summed E-state index contributed by atoms with van der Waals surface area (Å²) < 4.78 is 0.232. The minimum Gasteiger partial charge on any atom is -0.480 e. The number of carbonyl (C=O) groups is 2. The number of hydrogen-bond acceptors (Lipinski definition) is 3. The van der Waals surface area contributed by atoms with Gasteiger partial charge in [-0.15, -0.1) is 0 Å². The molecule has 0 spiro atoms. The quantitative estimate of drug-likeness (QED) is 0.156. The molecule has 0 aliphatic heterocycles. The fourth-order valence-electron chi connectivity index (χ4n) is 0.994. The maximum Gasteiger partial charge on any atom is 0.326 e. The Hall–Kier alpha value is -1.06. The van der Waals surface area contributed by atoms with Crippen LogP contribution in [-0.4, -0.2) is 40.0 Å². The third-order valence-electron chi connectivity index (χ3n) is 1.70. The number of aliphatic imine (C=N–C) groups is 1. The Balaban J connectivity index is 4.00. The maximum atomic E-state index is 11.0. The van der Waals surface area contributed by atoms with Gasteiger partial charge in [-0.1, -0.05) is 22.6 Å². The molecule has 92 valence electrons. The molecule has 0 aromatic carbocycles. The van der Waals surface area contributed by atoms with Crippen molar-refractivity contribution in [2.45, 2.75) is 18.9 Å². The van der Waals surface area contributed by atoms with Gasteiger partial charge in [0.25, 0.3) is 0 Å². The Kier molecular flexibility index (Phi) is 7.60. The van der Waals surface area contributed by atoms with Crippen LogP contribution < -0.4 is 16.8 Å². The van der Waals surface area contributed by atoms with Crippen LogP contribution in [0.15, 0.2) is 4.99 Å². The van der Waals surface area contributed by atoms with Gasteiger partial charge in [-0.3, -0.25) is 9.79 Å². The van der Waals surface area contributed by atoms with Crippen molar-refractivity contribution in [2.24, 2.45) is 16.5 Å².